The molecule has 0 saturated carbocycles. The van der Waals surface area contributed by atoms with Crippen LogP contribution in [0.2, 0.25) is 0 Å². The molecule has 0 aromatic carbocycles. The van der Waals surface area contributed by atoms with Crippen LogP contribution in [0.1, 0.15) is 27.7 Å². The Kier molecular flexibility index (Phi) is 3.87. The average molecular weight is 262 g/mol. The molecule has 19 heavy (non-hydrogen) atoms. The Labute approximate surface area is 113 Å². The molecule has 0 fully saturated rings. The molecular weight excluding hydrogens is 240 g/mol. The van der Waals surface area contributed by atoms with Gasteiger partial charge < -0.3 is 10.2 Å². The summed E-state index contributed by atoms with van der Waals surface area (Å²) in [5.74, 6) is 2.09. The first-order chi connectivity index (χ1) is 9.04. The molecular formula is C13H22N6. The van der Waals surface area contributed by atoms with E-state index in [1.807, 2.05) is 6.92 Å². The number of aromatic nitrogens is 4. The van der Waals surface area contributed by atoms with Gasteiger partial charge in [-0.25, -0.2) is 0 Å². The smallest absolute Gasteiger partial charge is 0.226 e. The predicted molar refractivity (Wildman–Crippen MR) is 78.6 cm³/mol. The molecule has 2 aromatic heterocycles. The van der Waals surface area contributed by atoms with Crippen molar-refractivity contribution in [1.29, 1.82) is 0 Å². The summed E-state index contributed by atoms with van der Waals surface area (Å²) >= 11 is 0. The summed E-state index contributed by atoms with van der Waals surface area (Å²) in [6.07, 6.45) is 1.78. The van der Waals surface area contributed by atoms with Gasteiger partial charge in [0.25, 0.3) is 0 Å². The van der Waals surface area contributed by atoms with Crippen molar-refractivity contribution in [2.24, 2.45) is 5.92 Å². The second-order valence-electron chi connectivity index (χ2n) is 5.13. The van der Waals surface area contributed by atoms with E-state index in [0.717, 1.165) is 23.4 Å². The van der Waals surface area contributed by atoms with Crippen LogP contribution in [0.15, 0.2) is 6.20 Å². The van der Waals surface area contributed by atoms with Crippen molar-refractivity contribution in [3.8, 4) is 0 Å². The van der Waals surface area contributed by atoms with Gasteiger partial charge in [-0.1, -0.05) is 13.8 Å². The maximum Gasteiger partial charge on any atom is 0.226 e. The van der Waals surface area contributed by atoms with E-state index in [0.29, 0.717) is 17.9 Å². The van der Waals surface area contributed by atoms with Gasteiger partial charge >= 0.3 is 0 Å². The van der Waals surface area contributed by atoms with Crippen LogP contribution in [-0.4, -0.2) is 39.8 Å². The van der Waals surface area contributed by atoms with E-state index in [4.69, 9.17) is 0 Å². The molecule has 2 aromatic rings. The van der Waals surface area contributed by atoms with E-state index >= 15 is 0 Å². The van der Waals surface area contributed by atoms with Gasteiger partial charge in [0, 0.05) is 19.6 Å². The summed E-state index contributed by atoms with van der Waals surface area (Å²) < 4.78 is 0. The quantitative estimate of drug-likeness (QED) is 0.865. The van der Waals surface area contributed by atoms with E-state index in [1.54, 1.807) is 6.20 Å². The Morgan fingerprint density at radius 1 is 1.32 bits per heavy atom. The number of hydrogen-bond acceptors (Lipinski definition) is 5. The molecule has 2 rings (SSSR count). The zero-order valence-corrected chi connectivity index (χ0v) is 12.2. The third kappa shape index (κ3) is 2.62. The monoisotopic (exact) mass is 262 g/mol. The lowest BCUT2D eigenvalue weighted by molar-refractivity contribution is 0.503. The molecule has 104 valence electrons. The highest BCUT2D eigenvalue weighted by Crippen LogP contribution is 2.25. The number of nitrogens with one attached hydrogen (secondary N) is 2. The lowest BCUT2D eigenvalue weighted by Crippen LogP contribution is -2.34. The molecule has 2 heterocycles. The topological polar surface area (TPSA) is 69.7 Å². The van der Waals surface area contributed by atoms with Crippen molar-refractivity contribution in [2.45, 2.75) is 33.7 Å². The summed E-state index contributed by atoms with van der Waals surface area (Å²) in [5, 5.41) is 11.1. The average Bonchev–Trinajstić information content (AvgIpc) is 2.84. The van der Waals surface area contributed by atoms with Crippen molar-refractivity contribution in [3.63, 3.8) is 0 Å². The van der Waals surface area contributed by atoms with Crippen molar-refractivity contribution in [2.75, 3.05) is 23.8 Å². The second kappa shape index (κ2) is 5.42. The highest BCUT2D eigenvalue weighted by molar-refractivity contribution is 5.87. The van der Waals surface area contributed by atoms with E-state index in [1.165, 1.54) is 0 Å². The minimum absolute atomic E-state index is 0.391. The second-order valence-corrected chi connectivity index (χ2v) is 5.13. The highest BCUT2D eigenvalue weighted by atomic mass is 15.3. The van der Waals surface area contributed by atoms with Gasteiger partial charge in [0.05, 0.1) is 11.6 Å². The molecule has 0 aliphatic heterocycles. The molecule has 0 aliphatic rings. The molecule has 2 N–H and O–H groups in total. The minimum Gasteiger partial charge on any atom is -0.356 e. The van der Waals surface area contributed by atoms with Crippen LogP contribution in [-0.2, 0) is 0 Å². The van der Waals surface area contributed by atoms with Crippen LogP contribution in [0.3, 0.4) is 0 Å². The Morgan fingerprint density at radius 3 is 2.68 bits per heavy atom. The standard InChI is InChI=1S/C13H22N6/c1-6-14-13-16-11-10(7-15-18-11)12(17-13)19(5)9(4)8(2)3/h7-9H,6H2,1-5H3,(H2,14,15,16,17,18). The van der Waals surface area contributed by atoms with Crippen LogP contribution >= 0.6 is 0 Å². The normalized spacial score (nSPS) is 12.9. The minimum atomic E-state index is 0.391. The number of rotatable bonds is 5. The Hall–Kier alpha value is -1.85. The fourth-order valence-corrected chi connectivity index (χ4v) is 1.97. The third-order valence-electron chi connectivity index (χ3n) is 3.53. The van der Waals surface area contributed by atoms with Crippen molar-refractivity contribution in [1.82, 2.24) is 20.2 Å². The van der Waals surface area contributed by atoms with Crippen LogP contribution in [0, 0.1) is 5.92 Å². The molecule has 0 saturated heterocycles. The van der Waals surface area contributed by atoms with Crippen molar-refractivity contribution < 1.29 is 0 Å². The number of hydrogen-bond donors (Lipinski definition) is 2. The van der Waals surface area contributed by atoms with E-state index in [2.05, 4.69) is 58.2 Å². The maximum absolute atomic E-state index is 4.61. The van der Waals surface area contributed by atoms with E-state index < -0.39 is 0 Å². The van der Waals surface area contributed by atoms with Gasteiger partial charge in [0.2, 0.25) is 5.95 Å². The molecule has 1 unspecified atom stereocenters. The van der Waals surface area contributed by atoms with Crippen LogP contribution in [0.25, 0.3) is 11.0 Å². The number of H-pyrrole nitrogens is 1. The summed E-state index contributed by atoms with van der Waals surface area (Å²) in [7, 11) is 2.06. The van der Waals surface area contributed by atoms with Gasteiger partial charge in [-0.3, -0.25) is 5.10 Å². The van der Waals surface area contributed by atoms with E-state index in [9.17, 15) is 0 Å². The van der Waals surface area contributed by atoms with Gasteiger partial charge in [-0.2, -0.15) is 15.1 Å². The SMILES string of the molecule is CCNc1nc(N(C)C(C)C(C)C)c2cn[nH]c2n1. The molecule has 0 radical (unpaired) electrons. The van der Waals surface area contributed by atoms with Gasteiger partial charge in [0.15, 0.2) is 5.65 Å². The van der Waals surface area contributed by atoms with E-state index in [-0.39, 0.29) is 0 Å². The number of fused-ring (bicyclic) bond motifs is 1. The van der Waals surface area contributed by atoms with Crippen molar-refractivity contribution >= 4 is 22.8 Å². The largest absolute Gasteiger partial charge is 0.356 e. The first-order valence-electron chi connectivity index (χ1n) is 6.72. The van der Waals surface area contributed by atoms with Gasteiger partial charge in [0.1, 0.15) is 5.82 Å². The first-order valence-corrected chi connectivity index (χ1v) is 6.72. The number of anilines is 2. The Morgan fingerprint density at radius 2 is 2.05 bits per heavy atom. The summed E-state index contributed by atoms with van der Waals surface area (Å²) in [4.78, 5) is 11.2. The van der Waals surface area contributed by atoms with Crippen LogP contribution < -0.4 is 10.2 Å². The third-order valence-corrected chi connectivity index (χ3v) is 3.53. The maximum atomic E-state index is 4.61. The number of aromatic amines is 1. The molecule has 0 aliphatic carbocycles. The molecule has 0 spiro atoms. The zero-order chi connectivity index (χ0) is 14.0. The molecule has 6 heteroatoms. The van der Waals surface area contributed by atoms with Crippen molar-refractivity contribution in [3.05, 3.63) is 6.20 Å². The molecule has 0 amide bonds. The lowest BCUT2D eigenvalue weighted by Gasteiger charge is -2.29. The predicted octanol–water partition coefficient (Wildman–Crippen LogP) is 2.27. The summed E-state index contributed by atoms with van der Waals surface area (Å²) in [6, 6.07) is 0.391. The summed E-state index contributed by atoms with van der Waals surface area (Å²) in [6.45, 7) is 9.44. The molecule has 6 nitrogen and oxygen atoms in total. The highest BCUT2D eigenvalue weighted by Gasteiger charge is 2.19. The first kappa shape index (κ1) is 13.6. The zero-order valence-electron chi connectivity index (χ0n) is 12.2. The summed E-state index contributed by atoms with van der Waals surface area (Å²) in [5.41, 5.74) is 0.767. The Bertz CT molecular complexity index is 547. The fourth-order valence-electron chi connectivity index (χ4n) is 1.97. The fraction of sp³-hybridized carbons (Fsp3) is 0.615. The molecule has 0 bridgehead atoms. The van der Waals surface area contributed by atoms with Gasteiger partial charge in [-0.15, -0.1) is 0 Å². The van der Waals surface area contributed by atoms with Crippen LogP contribution in [0.5, 0.6) is 0 Å². The Balaban J connectivity index is 2.47. The van der Waals surface area contributed by atoms with Gasteiger partial charge in [-0.05, 0) is 19.8 Å². The lowest BCUT2D eigenvalue weighted by atomic mass is 10.1. The molecule has 1 atom stereocenters. The van der Waals surface area contributed by atoms with Crippen LogP contribution in [0.4, 0.5) is 11.8 Å². The number of nitrogens with zero attached hydrogens (tertiary/aromatic N) is 4.